The standard InChI is InChI=1S/C13H22N2O2S/c1-4-10(3)15-18(16,17)13-8-11(9-14)6-7-12(13)5-2/h6-8,10,15H,4-5,9,14H2,1-3H3. The number of sulfonamides is 1. The zero-order valence-corrected chi connectivity index (χ0v) is 12.0. The third-order valence-corrected chi connectivity index (χ3v) is 4.68. The van der Waals surface area contributed by atoms with Crippen molar-refractivity contribution < 1.29 is 8.42 Å². The normalized spacial score (nSPS) is 13.6. The molecule has 4 nitrogen and oxygen atoms in total. The van der Waals surface area contributed by atoms with Gasteiger partial charge in [0.25, 0.3) is 0 Å². The molecule has 0 aliphatic carbocycles. The molecule has 1 aromatic carbocycles. The SMILES string of the molecule is CCc1ccc(CN)cc1S(=O)(=O)NC(C)CC. The van der Waals surface area contributed by atoms with Crippen LogP contribution < -0.4 is 10.5 Å². The van der Waals surface area contributed by atoms with Crippen LogP contribution in [0.3, 0.4) is 0 Å². The summed E-state index contributed by atoms with van der Waals surface area (Å²) < 4.78 is 27.3. The first-order chi connectivity index (χ1) is 8.44. The Morgan fingerprint density at radius 3 is 2.50 bits per heavy atom. The molecule has 1 aromatic rings. The molecule has 0 aliphatic rings. The lowest BCUT2D eigenvalue weighted by Gasteiger charge is -2.15. The molecule has 0 aromatic heterocycles. The summed E-state index contributed by atoms with van der Waals surface area (Å²) in [6.07, 6.45) is 1.44. The Balaban J connectivity index is 3.20. The quantitative estimate of drug-likeness (QED) is 0.827. The molecule has 0 heterocycles. The second-order valence-electron chi connectivity index (χ2n) is 4.43. The van der Waals surface area contributed by atoms with Crippen molar-refractivity contribution in [3.63, 3.8) is 0 Å². The van der Waals surface area contributed by atoms with Gasteiger partial charge in [0, 0.05) is 12.6 Å². The van der Waals surface area contributed by atoms with Crippen molar-refractivity contribution in [1.29, 1.82) is 0 Å². The Bertz CT molecular complexity index is 498. The molecule has 0 spiro atoms. The van der Waals surface area contributed by atoms with Gasteiger partial charge >= 0.3 is 0 Å². The zero-order chi connectivity index (χ0) is 13.8. The molecular weight excluding hydrogens is 248 g/mol. The molecule has 3 N–H and O–H groups in total. The Morgan fingerprint density at radius 2 is 2.00 bits per heavy atom. The highest BCUT2D eigenvalue weighted by molar-refractivity contribution is 7.89. The summed E-state index contributed by atoms with van der Waals surface area (Å²) in [5.41, 5.74) is 7.22. The van der Waals surface area contributed by atoms with Crippen LogP contribution >= 0.6 is 0 Å². The number of nitrogens with two attached hydrogens (primary N) is 1. The molecule has 0 bridgehead atoms. The fraction of sp³-hybridized carbons (Fsp3) is 0.538. The number of hydrogen-bond acceptors (Lipinski definition) is 3. The van der Waals surface area contributed by atoms with Gasteiger partial charge in [-0.15, -0.1) is 0 Å². The van der Waals surface area contributed by atoms with Crippen molar-refractivity contribution in [2.75, 3.05) is 0 Å². The van der Waals surface area contributed by atoms with E-state index in [0.717, 1.165) is 17.5 Å². The minimum Gasteiger partial charge on any atom is -0.326 e. The van der Waals surface area contributed by atoms with E-state index in [0.29, 0.717) is 17.9 Å². The topological polar surface area (TPSA) is 72.2 Å². The highest BCUT2D eigenvalue weighted by Gasteiger charge is 2.19. The van der Waals surface area contributed by atoms with E-state index in [1.807, 2.05) is 32.9 Å². The van der Waals surface area contributed by atoms with Crippen LogP contribution in [-0.4, -0.2) is 14.5 Å². The molecule has 0 radical (unpaired) electrons. The van der Waals surface area contributed by atoms with Crippen molar-refractivity contribution in [3.05, 3.63) is 29.3 Å². The van der Waals surface area contributed by atoms with Crippen molar-refractivity contribution in [1.82, 2.24) is 4.72 Å². The Hall–Kier alpha value is -0.910. The minimum absolute atomic E-state index is 0.0683. The van der Waals surface area contributed by atoms with E-state index in [1.54, 1.807) is 6.07 Å². The molecule has 0 aliphatic heterocycles. The van der Waals surface area contributed by atoms with Crippen molar-refractivity contribution in [3.8, 4) is 0 Å². The van der Waals surface area contributed by atoms with E-state index >= 15 is 0 Å². The summed E-state index contributed by atoms with van der Waals surface area (Å²) in [5.74, 6) is 0. The van der Waals surface area contributed by atoms with Gasteiger partial charge in [-0.3, -0.25) is 0 Å². The summed E-state index contributed by atoms with van der Waals surface area (Å²) in [6, 6.07) is 5.32. The monoisotopic (exact) mass is 270 g/mol. The van der Waals surface area contributed by atoms with E-state index in [9.17, 15) is 8.42 Å². The molecule has 0 saturated heterocycles. The number of hydrogen-bond donors (Lipinski definition) is 2. The lowest BCUT2D eigenvalue weighted by Crippen LogP contribution is -2.32. The zero-order valence-electron chi connectivity index (χ0n) is 11.2. The molecule has 18 heavy (non-hydrogen) atoms. The van der Waals surface area contributed by atoms with Gasteiger partial charge in [-0.1, -0.05) is 26.0 Å². The fourth-order valence-electron chi connectivity index (χ4n) is 1.68. The Morgan fingerprint density at radius 1 is 1.33 bits per heavy atom. The van der Waals surface area contributed by atoms with Crippen LogP contribution in [0, 0.1) is 0 Å². The average Bonchev–Trinajstić information content (AvgIpc) is 2.37. The number of nitrogens with one attached hydrogen (secondary N) is 1. The number of aryl methyl sites for hydroxylation is 1. The van der Waals surface area contributed by atoms with Gasteiger partial charge < -0.3 is 5.73 Å². The van der Waals surface area contributed by atoms with Gasteiger partial charge in [0.2, 0.25) is 10.0 Å². The van der Waals surface area contributed by atoms with Crippen LogP contribution in [0.5, 0.6) is 0 Å². The summed E-state index contributed by atoms with van der Waals surface area (Å²) in [5, 5.41) is 0. The lowest BCUT2D eigenvalue weighted by atomic mass is 10.1. The molecule has 0 saturated carbocycles. The van der Waals surface area contributed by atoms with E-state index < -0.39 is 10.0 Å². The van der Waals surface area contributed by atoms with Crippen LogP contribution in [0.1, 0.15) is 38.3 Å². The molecule has 1 unspecified atom stereocenters. The van der Waals surface area contributed by atoms with Crippen molar-refractivity contribution >= 4 is 10.0 Å². The predicted octanol–water partition coefficient (Wildman–Crippen LogP) is 1.78. The van der Waals surface area contributed by atoms with Crippen LogP contribution in [0.2, 0.25) is 0 Å². The van der Waals surface area contributed by atoms with Gasteiger partial charge in [0.15, 0.2) is 0 Å². The number of benzene rings is 1. The third kappa shape index (κ3) is 3.54. The molecule has 102 valence electrons. The maximum atomic E-state index is 12.3. The molecule has 0 amide bonds. The first-order valence-corrected chi connectivity index (χ1v) is 7.77. The van der Waals surface area contributed by atoms with Gasteiger partial charge in [-0.05, 0) is 37.0 Å². The lowest BCUT2D eigenvalue weighted by molar-refractivity contribution is 0.554. The maximum Gasteiger partial charge on any atom is 0.241 e. The van der Waals surface area contributed by atoms with Crippen molar-refractivity contribution in [2.24, 2.45) is 5.73 Å². The summed E-state index contributed by atoms with van der Waals surface area (Å²) in [7, 11) is -3.45. The van der Waals surface area contributed by atoms with Gasteiger partial charge in [-0.2, -0.15) is 0 Å². The van der Waals surface area contributed by atoms with Gasteiger partial charge in [-0.25, -0.2) is 13.1 Å². The molecule has 5 heteroatoms. The summed E-state index contributed by atoms with van der Waals surface area (Å²) in [6.45, 7) is 6.09. The maximum absolute atomic E-state index is 12.3. The highest BCUT2D eigenvalue weighted by atomic mass is 32.2. The largest absolute Gasteiger partial charge is 0.326 e. The van der Waals surface area contributed by atoms with Crippen LogP contribution in [0.25, 0.3) is 0 Å². The molecular formula is C13H22N2O2S. The molecule has 0 fully saturated rings. The van der Waals surface area contributed by atoms with Gasteiger partial charge in [0.1, 0.15) is 0 Å². The highest BCUT2D eigenvalue weighted by Crippen LogP contribution is 2.19. The van der Waals surface area contributed by atoms with Crippen LogP contribution in [0.4, 0.5) is 0 Å². The van der Waals surface area contributed by atoms with E-state index in [1.165, 1.54) is 0 Å². The minimum atomic E-state index is -3.45. The number of rotatable bonds is 6. The second-order valence-corrected chi connectivity index (χ2v) is 6.11. The second kappa shape index (κ2) is 6.31. The van der Waals surface area contributed by atoms with E-state index in [2.05, 4.69) is 4.72 Å². The third-order valence-electron chi connectivity index (χ3n) is 3.01. The van der Waals surface area contributed by atoms with E-state index in [4.69, 9.17) is 5.73 Å². The molecule has 1 rings (SSSR count). The Kier molecular flexibility index (Phi) is 5.31. The van der Waals surface area contributed by atoms with Gasteiger partial charge in [0.05, 0.1) is 4.90 Å². The van der Waals surface area contributed by atoms with E-state index in [-0.39, 0.29) is 6.04 Å². The fourth-order valence-corrected chi connectivity index (χ4v) is 3.37. The molecule has 1 atom stereocenters. The smallest absolute Gasteiger partial charge is 0.241 e. The van der Waals surface area contributed by atoms with Crippen LogP contribution in [0.15, 0.2) is 23.1 Å². The van der Waals surface area contributed by atoms with Crippen LogP contribution in [-0.2, 0) is 23.0 Å². The first kappa shape index (κ1) is 15.1. The predicted molar refractivity (Wildman–Crippen MR) is 73.8 cm³/mol. The summed E-state index contributed by atoms with van der Waals surface area (Å²) >= 11 is 0. The Labute approximate surface area is 110 Å². The summed E-state index contributed by atoms with van der Waals surface area (Å²) in [4.78, 5) is 0.355. The average molecular weight is 270 g/mol. The first-order valence-electron chi connectivity index (χ1n) is 6.28. The van der Waals surface area contributed by atoms with Crippen molar-refractivity contribution in [2.45, 2.75) is 51.1 Å².